The highest BCUT2D eigenvalue weighted by molar-refractivity contribution is 5.86. The quantitative estimate of drug-likeness (QED) is 0.537. The summed E-state index contributed by atoms with van der Waals surface area (Å²) in [5.74, 6) is 0.753. The molecule has 0 N–H and O–H groups in total. The molecular formula is C11H16O3. The number of carbonyl (C=O) groups excluding carboxylic acids is 1. The molecule has 3 nitrogen and oxygen atoms in total. The third kappa shape index (κ3) is 2.91. The molecule has 0 spiro atoms. The number of furan rings is 1. The smallest absolute Gasteiger partial charge is 0.374 e. The van der Waals surface area contributed by atoms with E-state index >= 15 is 0 Å². The molecule has 0 saturated heterocycles. The summed E-state index contributed by atoms with van der Waals surface area (Å²) >= 11 is 0. The molecule has 0 radical (unpaired) electrons. The Kier molecular flexibility index (Phi) is 4.23. The molecule has 1 heterocycles. The summed E-state index contributed by atoms with van der Waals surface area (Å²) in [7, 11) is 0. The van der Waals surface area contributed by atoms with E-state index in [-0.39, 0.29) is 5.97 Å². The van der Waals surface area contributed by atoms with Crippen molar-refractivity contribution < 1.29 is 13.9 Å². The van der Waals surface area contributed by atoms with Gasteiger partial charge in [-0.15, -0.1) is 0 Å². The van der Waals surface area contributed by atoms with Gasteiger partial charge in [0.05, 0.1) is 6.61 Å². The molecule has 0 atom stereocenters. The van der Waals surface area contributed by atoms with Gasteiger partial charge in [0.2, 0.25) is 5.76 Å². The zero-order valence-corrected chi connectivity index (χ0v) is 8.71. The van der Waals surface area contributed by atoms with Crippen molar-refractivity contribution in [2.45, 2.75) is 33.1 Å². The molecule has 0 saturated carbocycles. The zero-order chi connectivity index (χ0) is 10.4. The lowest BCUT2D eigenvalue weighted by Gasteiger charge is -2.00. The van der Waals surface area contributed by atoms with Gasteiger partial charge in [-0.3, -0.25) is 0 Å². The van der Waals surface area contributed by atoms with E-state index in [1.54, 1.807) is 12.1 Å². The average molecular weight is 196 g/mol. The summed E-state index contributed by atoms with van der Waals surface area (Å²) in [5, 5.41) is 0. The van der Waals surface area contributed by atoms with Crippen LogP contribution in [0.1, 0.15) is 43.0 Å². The minimum atomic E-state index is -0.363. The first-order valence-corrected chi connectivity index (χ1v) is 5.03. The van der Waals surface area contributed by atoms with E-state index in [1.807, 2.05) is 6.92 Å². The van der Waals surface area contributed by atoms with Crippen LogP contribution in [-0.4, -0.2) is 12.6 Å². The first-order valence-electron chi connectivity index (χ1n) is 5.03. The number of aryl methyl sites for hydroxylation is 1. The van der Waals surface area contributed by atoms with Crippen LogP contribution in [0.2, 0.25) is 0 Å². The Morgan fingerprint density at radius 2 is 2.21 bits per heavy atom. The molecule has 78 valence electrons. The lowest BCUT2D eigenvalue weighted by molar-refractivity contribution is 0.0461. The Bertz CT molecular complexity index is 288. The molecule has 0 fully saturated rings. The zero-order valence-electron chi connectivity index (χ0n) is 8.71. The standard InChI is InChI=1S/C11H16O3/c1-3-5-8-13-11(12)10-7-6-9(4-2)14-10/h6-7H,3-5,8H2,1-2H3. The van der Waals surface area contributed by atoms with Crippen molar-refractivity contribution in [2.75, 3.05) is 6.61 Å². The van der Waals surface area contributed by atoms with Crippen LogP contribution >= 0.6 is 0 Å². The summed E-state index contributed by atoms with van der Waals surface area (Å²) in [4.78, 5) is 11.3. The predicted molar refractivity (Wildman–Crippen MR) is 53.3 cm³/mol. The van der Waals surface area contributed by atoms with E-state index in [0.717, 1.165) is 25.0 Å². The van der Waals surface area contributed by atoms with Crippen LogP contribution in [0.25, 0.3) is 0 Å². The van der Waals surface area contributed by atoms with Crippen LogP contribution in [0.4, 0.5) is 0 Å². The highest BCUT2D eigenvalue weighted by Crippen LogP contribution is 2.09. The number of esters is 1. The highest BCUT2D eigenvalue weighted by Gasteiger charge is 2.11. The first-order chi connectivity index (χ1) is 6.77. The molecule has 0 aliphatic rings. The van der Waals surface area contributed by atoms with Gasteiger partial charge in [0.1, 0.15) is 5.76 Å². The fraction of sp³-hybridized carbons (Fsp3) is 0.545. The van der Waals surface area contributed by atoms with Crippen molar-refractivity contribution in [2.24, 2.45) is 0 Å². The molecular weight excluding hydrogens is 180 g/mol. The van der Waals surface area contributed by atoms with Crippen LogP contribution < -0.4 is 0 Å². The Morgan fingerprint density at radius 1 is 1.43 bits per heavy atom. The molecule has 1 aromatic rings. The summed E-state index contributed by atoms with van der Waals surface area (Å²) in [5.41, 5.74) is 0. The second-order valence-corrected chi connectivity index (χ2v) is 3.11. The predicted octanol–water partition coefficient (Wildman–Crippen LogP) is 2.80. The minimum Gasteiger partial charge on any atom is -0.460 e. The molecule has 1 aromatic heterocycles. The van der Waals surface area contributed by atoms with Crippen LogP contribution in [0.5, 0.6) is 0 Å². The van der Waals surface area contributed by atoms with Gasteiger partial charge in [-0.1, -0.05) is 20.3 Å². The highest BCUT2D eigenvalue weighted by atomic mass is 16.5. The van der Waals surface area contributed by atoms with Gasteiger partial charge >= 0.3 is 5.97 Å². The molecule has 1 rings (SSSR count). The maximum absolute atomic E-state index is 11.3. The number of hydrogen-bond acceptors (Lipinski definition) is 3. The number of carbonyl (C=O) groups is 1. The third-order valence-electron chi connectivity index (χ3n) is 1.94. The summed E-state index contributed by atoms with van der Waals surface area (Å²) < 4.78 is 10.2. The van der Waals surface area contributed by atoms with Gasteiger partial charge < -0.3 is 9.15 Å². The average Bonchev–Trinajstić information content (AvgIpc) is 2.66. The van der Waals surface area contributed by atoms with E-state index in [0.29, 0.717) is 12.4 Å². The summed E-state index contributed by atoms with van der Waals surface area (Å²) in [6, 6.07) is 3.46. The third-order valence-corrected chi connectivity index (χ3v) is 1.94. The van der Waals surface area contributed by atoms with Gasteiger partial charge in [0.15, 0.2) is 0 Å². The van der Waals surface area contributed by atoms with Crippen LogP contribution in [0, 0.1) is 0 Å². The van der Waals surface area contributed by atoms with Crippen molar-refractivity contribution in [3.63, 3.8) is 0 Å². The molecule has 0 aliphatic heterocycles. The normalized spacial score (nSPS) is 10.1. The fourth-order valence-corrected chi connectivity index (χ4v) is 1.06. The first kappa shape index (κ1) is 10.8. The van der Waals surface area contributed by atoms with Crippen molar-refractivity contribution in [3.8, 4) is 0 Å². The lowest BCUT2D eigenvalue weighted by Crippen LogP contribution is -2.04. The van der Waals surface area contributed by atoms with Gasteiger partial charge in [0, 0.05) is 6.42 Å². The van der Waals surface area contributed by atoms with Crippen LogP contribution in [0.3, 0.4) is 0 Å². The Balaban J connectivity index is 2.44. The van der Waals surface area contributed by atoms with Crippen molar-refractivity contribution in [1.29, 1.82) is 0 Å². The topological polar surface area (TPSA) is 39.4 Å². The van der Waals surface area contributed by atoms with Gasteiger partial charge in [0.25, 0.3) is 0 Å². The molecule has 0 amide bonds. The van der Waals surface area contributed by atoms with E-state index in [4.69, 9.17) is 9.15 Å². The maximum atomic E-state index is 11.3. The Hall–Kier alpha value is -1.25. The SMILES string of the molecule is CCCCOC(=O)c1ccc(CC)o1. The molecule has 3 heteroatoms. The summed E-state index contributed by atoms with van der Waals surface area (Å²) in [6.45, 7) is 4.50. The largest absolute Gasteiger partial charge is 0.460 e. The van der Waals surface area contributed by atoms with Crippen LogP contribution in [-0.2, 0) is 11.2 Å². The second kappa shape index (κ2) is 5.47. The van der Waals surface area contributed by atoms with Gasteiger partial charge in [-0.25, -0.2) is 4.79 Å². The Morgan fingerprint density at radius 3 is 2.79 bits per heavy atom. The Labute approximate surface area is 84.1 Å². The van der Waals surface area contributed by atoms with E-state index in [1.165, 1.54) is 0 Å². The van der Waals surface area contributed by atoms with Crippen LogP contribution in [0.15, 0.2) is 16.5 Å². The number of hydrogen-bond donors (Lipinski definition) is 0. The fourth-order valence-electron chi connectivity index (χ4n) is 1.06. The van der Waals surface area contributed by atoms with Crippen molar-refractivity contribution in [1.82, 2.24) is 0 Å². The molecule has 0 aromatic carbocycles. The van der Waals surface area contributed by atoms with Crippen molar-refractivity contribution in [3.05, 3.63) is 23.7 Å². The molecule has 14 heavy (non-hydrogen) atoms. The minimum absolute atomic E-state index is 0.304. The van der Waals surface area contributed by atoms with E-state index < -0.39 is 0 Å². The number of ether oxygens (including phenoxy) is 1. The molecule has 0 aliphatic carbocycles. The molecule has 0 unspecified atom stereocenters. The van der Waals surface area contributed by atoms with Gasteiger partial charge in [-0.05, 0) is 18.6 Å². The second-order valence-electron chi connectivity index (χ2n) is 3.11. The van der Waals surface area contributed by atoms with Gasteiger partial charge in [-0.2, -0.15) is 0 Å². The van der Waals surface area contributed by atoms with E-state index in [9.17, 15) is 4.79 Å². The lowest BCUT2D eigenvalue weighted by atomic mass is 10.3. The summed E-state index contributed by atoms with van der Waals surface area (Å²) in [6.07, 6.45) is 2.71. The number of unbranched alkanes of at least 4 members (excludes halogenated alkanes) is 1. The monoisotopic (exact) mass is 196 g/mol. The van der Waals surface area contributed by atoms with Crippen molar-refractivity contribution >= 4 is 5.97 Å². The van der Waals surface area contributed by atoms with E-state index in [2.05, 4.69) is 6.92 Å². The number of rotatable bonds is 5. The molecule has 0 bridgehead atoms. The maximum Gasteiger partial charge on any atom is 0.374 e.